The third kappa shape index (κ3) is 1.68. The first-order chi connectivity index (χ1) is 7.27. The Bertz CT molecular complexity index is 383. The second kappa shape index (κ2) is 3.49. The van der Waals surface area contributed by atoms with E-state index >= 15 is 0 Å². The van der Waals surface area contributed by atoms with Gasteiger partial charge in [0.15, 0.2) is 0 Å². The molecule has 2 nitrogen and oxygen atoms in total. The van der Waals surface area contributed by atoms with E-state index in [0.29, 0.717) is 0 Å². The van der Waals surface area contributed by atoms with Crippen LogP contribution < -0.4 is 4.74 Å². The van der Waals surface area contributed by atoms with Gasteiger partial charge in [-0.2, -0.15) is 0 Å². The molecule has 15 heavy (non-hydrogen) atoms. The van der Waals surface area contributed by atoms with E-state index in [2.05, 4.69) is 34.1 Å². The number of benzene rings is 1. The lowest BCUT2D eigenvalue weighted by molar-refractivity contribution is -0.0330. The normalized spacial score (nSPS) is 22.5. The van der Waals surface area contributed by atoms with Gasteiger partial charge in [-0.15, -0.1) is 0 Å². The van der Waals surface area contributed by atoms with Crippen LogP contribution in [0.2, 0.25) is 0 Å². The Morgan fingerprint density at radius 3 is 2.80 bits per heavy atom. The third-order valence-corrected chi connectivity index (χ3v) is 3.77. The van der Waals surface area contributed by atoms with Crippen molar-refractivity contribution in [2.45, 2.75) is 24.9 Å². The number of ether oxygens (including phenoxy) is 2. The van der Waals surface area contributed by atoms with Gasteiger partial charge in [0.2, 0.25) is 0 Å². The van der Waals surface area contributed by atoms with Crippen molar-refractivity contribution in [1.29, 1.82) is 0 Å². The van der Waals surface area contributed by atoms with Crippen LogP contribution in [0.3, 0.4) is 0 Å². The highest BCUT2D eigenvalue weighted by molar-refractivity contribution is 9.10. The highest BCUT2D eigenvalue weighted by atomic mass is 79.9. The van der Waals surface area contributed by atoms with Gasteiger partial charge in [-0.25, -0.2) is 0 Å². The van der Waals surface area contributed by atoms with Crippen molar-refractivity contribution < 1.29 is 9.47 Å². The van der Waals surface area contributed by atoms with Crippen molar-refractivity contribution in [1.82, 2.24) is 0 Å². The summed E-state index contributed by atoms with van der Waals surface area (Å²) in [5, 5.41) is 0. The monoisotopic (exact) mass is 268 g/mol. The minimum atomic E-state index is 0.0291. The third-order valence-electron chi connectivity index (χ3n) is 3.27. The number of hydrogen-bond acceptors (Lipinski definition) is 2. The molecule has 3 heteroatoms. The van der Waals surface area contributed by atoms with Crippen LogP contribution in [0.15, 0.2) is 22.7 Å². The summed E-state index contributed by atoms with van der Waals surface area (Å²) in [5.41, 5.74) is 1.36. The van der Waals surface area contributed by atoms with Gasteiger partial charge < -0.3 is 9.47 Å². The molecule has 1 spiro atoms. The van der Waals surface area contributed by atoms with E-state index in [1.807, 2.05) is 0 Å². The predicted molar refractivity (Wildman–Crippen MR) is 61.3 cm³/mol. The van der Waals surface area contributed by atoms with E-state index in [4.69, 9.17) is 9.47 Å². The Morgan fingerprint density at radius 1 is 1.20 bits per heavy atom. The van der Waals surface area contributed by atoms with Crippen LogP contribution in [0.25, 0.3) is 0 Å². The fraction of sp³-hybridized carbons (Fsp3) is 0.500. The van der Waals surface area contributed by atoms with Crippen LogP contribution in [0.4, 0.5) is 0 Å². The molecule has 0 saturated carbocycles. The molecule has 2 aliphatic rings. The Kier molecular flexibility index (Phi) is 2.25. The predicted octanol–water partition coefficient (Wildman–Crippen LogP) is 2.93. The fourth-order valence-corrected chi connectivity index (χ4v) is 2.75. The molecule has 0 bridgehead atoms. The van der Waals surface area contributed by atoms with E-state index in [1.165, 1.54) is 5.56 Å². The van der Waals surface area contributed by atoms with Gasteiger partial charge in [-0.1, -0.05) is 22.0 Å². The lowest BCUT2D eigenvalue weighted by atomic mass is 9.89. The average Bonchev–Trinajstić information content (AvgIpc) is 2.56. The SMILES string of the molecule is Brc1ccc2c(c1)OC1(CCOCC1)C2. The summed E-state index contributed by atoms with van der Waals surface area (Å²) in [6.45, 7) is 1.66. The maximum Gasteiger partial charge on any atom is 0.124 e. The highest BCUT2D eigenvalue weighted by Gasteiger charge is 2.40. The van der Waals surface area contributed by atoms with E-state index in [9.17, 15) is 0 Å². The maximum absolute atomic E-state index is 6.11. The molecule has 0 unspecified atom stereocenters. The topological polar surface area (TPSA) is 18.5 Å². The maximum atomic E-state index is 6.11. The van der Waals surface area contributed by atoms with Crippen LogP contribution >= 0.6 is 15.9 Å². The van der Waals surface area contributed by atoms with Crippen molar-refractivity contribution >= 4 is 15.9 Å². The second-order valence-corrected chi connectivity index (χ2v) is 5.24. The number of fused-ring (bicyclic) bond motifs is 1. The summed E-state index contributed by atoms with van der Waals surface area (Å²) in [6, 6.07) is 6.31. The van der Waals surface area contributed by atoms with E-state index in [1.54, 1.807) is 0 Å². The molecule has 0 amide bonds. The van der Waals surface area contributed by atoms with Gasteiger partial charge in [0, 0.05) is 23.7 Å². The molecule has 1 aromatic carbocycles. The van der Waals surface area contributed by atoms with Gasteiger partial charge in [0.05, 0.1) is 13.2 Å². The van der Waals surface area contributed by atoms with E-state index in [0.717, 1.165) is 42.7 Å². The molecule has 3 rings (SSSR count). The van der Waals surface area contributed by atoms with Crippen molar-refractivity contribution in [2.24, 2.45) is 0 Å². The summed E-state index contributed by atoms with van der Waals surface area (Å²) in [7, 11) is 0. The lowest BCUT2D eigenvalue weighted by Gasteiger charge is -2.32. The Hall–Kier alpha value is -0.540. The molecule has 2 heterocycles. The summed E-state index contributed by atoms with van der Waals surface area (Å²) in [4.78, 5) is 0. The Morgan fingerprint density at radius 2 is 2.00 bits per heavy atom. The van der Waals surface area contributed by atoms with Crippen LogP contribution in [0.1, 0.15) is 18.4 Å². The molecule has 1 saturated heterocycles. The minimum absolute atomic E-state index is 0.0291. The zero-order chi connectivity index (χ0) is 10.3. The van der Waals surface area contributed by atoms with Gasteiger partial charge in [-0.3, -0.25) is 0 Å². The zero-order valence-electron chi connectivity index (χ0n) is 8.46. The molecule has 0 aromatic heterocycles. The van der Waals surface area contributed by atoms with Gasteiger partial charge in [0.25, 0.3) is 0 Å². The molecular weight excluding hydrogens is 256 g/mol. The first-order valence-electron chi connectivity index (χ1n) is 5.33. The second-order valence-electron chi connectivity index (χ2n) is 4.33. The molecule has 0 aliphatic carbocycles. The summed E-state index contributed by atoms with van der Waals surface area (Å²) in [6.07, 6.45) is 3.07. The standard InChI is InChI=1S/C12H13BrO2/c13-10-2-1-9-8-12(15-11(9)7-10)3-5-14-6-4-12/h1-2,7H,3-6,8H2. The number of rotatable bonds is 0. The van der Waals surface area contributed by atoms with Gasteiger partial charge in [0.1, 0.15) is 11.4 Å². The van der Waals surface area contributed by atoms with Crippen LogP contribution in [-0.4, -0.2) is 18.8 Å². The van der Waals surface area contributed by atoms with Crippen molar-refractivity contribution in [2.75, 3.05) is 13.2 Å². The lowest BCUT2D eigenvalue weighted by Crippen LogP contribution is -2.40. The zero-order valence-corrected chi connectivity index (χ0v) is 10.0. The van der Waals surface area contributed by atoms with E-state index in [-0.39, 0.29) is 5.60 Å². The van der Waals surface area contributed by atoms with Crippen molar-refractivity contribution in [3.8, 4) is 5.75 Å². The van der Waals surface area contributed by atoms with Crippen LogP contribution in [0, 0.1) is 0 Å². The van der Waals surface area contributed by atoms with Crippen LogP contribution in [0.5, 0.6) is 5.75 Å². The molecule has 1 fully saturated rings. The average molecular weight is 269 g/mol. The molecule has 0 N–H and O–H groups in total. The number of hydrogen-bond donors (Lipinski definition) is 0. The molecule has 80 valence electrons. The first kappa shape index (κ1) is 9.67. The summed E-state index contributed by atoms with van der Waals surface area (Å²) >= 11 is 3.47. The summed E-state index contributed by atoms with van der Waals surface area (Å²) < 4.78 is 12.6. The quantitative estimate of drug-likeness (QED) is 0.721. The van der Waals surface area contributed by atoms with Crippen molar-refractivity contribution in [3.05, 3.63) is 28.2 Å². The van der Waals surface area contributed by atoms with Gasteiger partial charge in [-0.05, 0) is 17.7 Å². The molecule has 0 atom stereocenters. The van der Waals surface area contributed by atoms with E-state index < -0.39 is 0 Å². The smallest absolute Gasteiger partial charge is 0.124 e. The Balaban J connectivity index is 1.90. The summed E-state index contributed by atoms with van der Waals surface area (Å²) in [5.74, 6) is 1.05. The number of halogens is 1. The van der Waals surface area contributed by atoms with Crippen molar-refractivity contribution in [3.63, 3.8) is 0 Å². The Labute approximate surface area is 97.7 Å². The molecule has 0 radical (unpaired) electrons. The highest BCUT2D eigenvalue weighted by Crippen LogP contribution is 2.41. The van der Waals surface area contributed by atoms with Crippen LogP contribution in [-0.2, 0) is 11.2 Å². The molecule has 2 aliphatic heterocycles. The largest absolute Gasteiger partial charge is 0.486 e. The van der Waals surface area contributed by atoms with Gasteiger partial charge >= 0.3 is 0 Å². The molecule has 1 aromatic rings. The molecular formula is C12H13BrO2. The first-order valence-corrected chi connectivity index (χ1v) is 6.12. The minimum Gasteiger partial charge on any atom is -0.486 e. The fourth-order valence-electron chi connectivity index (χ4n) is 2.41.